The highest BCUT2D eigenvalue weighted by atomic mass is 35.5. The van der Waals surface area contributed by atoms with Gasteiger partial charge in [0.1, 0.15) is 5.75 Å². The number of amides is 1. The Bertz CT molecular complexity index is 876. The maximum Gasteiger partial charge on any atom is 0.262 e. The molecule has 1 amide bonds. The highest BCUT2D eigenvalue weighted by Crippen LogP contribution is 2.28. The van der Waals surface area contributed by atoms with E-state index >= 15 is 0 Å². The quantitative estimate of drug-likeness (QED) is 0.790. The number of rotatable bonds is 5. The van der Waals surface area contributed by atoms with Gasteiger partial charge in [0.15, 0.2) is 9.84 Å². The molecule has 7 heteroatoms. The molecule has 134 valence electrons. The van der Waals surface area contributed by atoms with Gasteiger partial charge in [0.25, 0.3) is 5.91 Å². The summed E-state index contributed by atoms with van der Waals surface area (Å²) >= 11 is 6.03. The summed E-state index contributed by atoms with van der Waals surface area (Å²) in [7, 11) is -1.81. The third-order valence-electron chi connectivity index (χ3n) is 3.67. The van der Waals surface area contributed by atoms with Crippen molar-refractivity contribution in [2.24, 2.45) is 0 Å². The predicted octanol–water partition coefficient (Wildman–Crippen LogP) is 3.81. The Morgan fingerprint density at radius 3 is 2.20 bits per heavy atom. The van der Waals surface area contributed by atoms with Crippen LogP contribution in [0.4, 0.5) is 5.69 Å². The molecule has 0 aliphatic heterocycles. The lowest BCUT2D eigenvalue weighted by atomic mass is 10.1. The number of ether oxygens (including phenoxy) is 1. The topological polar surface area (TPSA) is 63.7 Å². The predicted molar refractivity (Wildman–Crippen MR) is 99.5 cm³/mol. The van der Waals surface area contributed by atoms with Gasteiger partial charge in [-0.3, -0.25) is 4.79 Å². The lowest BCUT2D eigenvalue weighted by Gasteiger charge is -2.27. The second-order valence-corrected chi connectivity index (χ2v) is 8.33. The number of anilines is 1. The first kappa shape index (κ1) is 19.3. The lowest BCUT2D eigenvalue weighted by Crippen LogP contribution is -2.37. The summed E-state index contributed by atoms with van der Waals surface area (Å²) < 4.78 is 28.5. The minimum absolute atomic E-state index is 0.153. The van der Waals surface area contributed by atoms with E-state index in [0.717, 1.165) is 6.26 Å². The molecule has 0 bridgehead atoms. The molecule has 0 aromatic heterocycles. The van der Waals surface area contributed by atoms with Crippen LogP contribution < -0.4 is 9.64 Å². The monoisotopic (exact) mass is 381 g/mol. The number of sulfone groups is 1. The van der Waals surface area contributed by atoms with Crippen LogP contribution in [0.15, 0.2) is 47.4 Å². The van der Waals surface area contributed by atoms with E-state index in [4.69, 9.17) is 16.3 Å². The third kappa shape index (κ3) is 4.32. The summed E-state index contributed by atoms with van der Waals surface area (Å²) in [5, 5.41) is 0.431. The van der Waals surface area contributed by atoms with Crippen molar-refractivity contribution in [2.45, 2.75) is 24.8 Å². The second-order valence-electron chi connectivity index (χ2n) is 5.88. The molecule has 0 aliphatic rings. The molecule has 0 fully saturated rings. The van der Waals surface area contributed by atoms with Gasteiger partial charge in [-0.2, -0.15) is 0 Å². The van der Waals surface area contributed by atoms with Gasteiger partial charge in [-0.1, -0.05) is 11.6 Å². The van der Waals surface area contributed by atoms with Crippen molar-refractivity contribution >= 4 is 33.0 Å². The van der Waals surface area contributed by atoms with Crippen LogP contribution in [0.1, 0.15) is 24.2 Å². The molecule has 0 saturated heterocycles. The van der Waals surface area contributed by atoms with Crippen LogP contribution in [0, 0.1) is 0 Å². The summed E-state index contributed by atoms with van der Waals surface area (Å²) in [4.78, 5) is 14.8. The van der Waals surface area contributed by atoms with Gasteiger partial charge in [0.05, 0.1) is 17.6 Å². The second kappa shape index (κ2) is 7.45. The number of hydrogen-bond acceptors (Lipinski definition) is 4. The molecule has 2 aromatic carbocycles. The first-order valence-electron chi connectivity index (χ1n) is 7.62. The summed E-state index contributed by atoms with van der Waals surface area (Å²) in [6, 6.07) is 10.9. The van der Waals surface area contributed by atoms with E-state index in [1.165, 1.54) is 19.2 Å². The fraction of sp³-hybridized carbons (Fsp3) is 0.278. The number of carbonyl (C=O) groups excluding carboxylic acids is 1. The minimum atomic E-state index is -3.30. The van der Waals surface area contributed by atoms with Crippen molar-refractivity contribution in [3.8, 4) is 5.75 Å². The van der Waals surface area contributed by atoms with Gasteiger partial charge in [-0.05, 0) is 56.3 Å². The van der Waals surface area contributed by atoms with E-state index in [2.05, 4.69) is 0 Å². The molecule has 0 spiro atoms. The zero-order valence-corrected chi connectivity index (χ0v) is 16.1. The van der Waals surface area contributed by atoms with Crippen LogP contribution in [0.25, 0.3) is 0 Å². The Labute approximate surface area is 153 Å². The highest BCUT2D eigenvalue weighted by molar-refractivity contribution is 7.90. The Hall–Kier alpha value is -2.05. The van der Waals surface area contributed by atoms with Crippen molar-refractivity contribution in [1.82, 2.24) is 0 Å². The number of benzene rings is 2. The van der Waals surface area contributed by atoms with Crippen LogP contribution in [0.3, 0.4) is 0 Å². The van der Waals surface area contributed by atoms with Gasteiger partial charge < -0.3 is 9.64 Å². The molecular formula is C18H20ClNO4S. The van der Waals surface area contributed by atoms with Crippen LogP contribution >= 0.6 is 11.6 Å². The van der Waals surface area contributed by atoms with Gasteiger partial charge in [-0.15, -0.1) is 0 Å². The average Bonchev–Trinajstić information content (AvgIpc) is 2.54. The molecule has 2 aromatic rings. The smallest absolute Gasteiger partial charge is 0.262 e. The van der Waals surface area contributed by atoms with Gasteiger partial charge in [0, 0.05) is 23.0 Å². The van der Waals surface area contributed by atoms with Crippen molar-refractivity contribution in [3.63, 3.8) is 0 Å². The maximum atomic E-state index is 13.1. The summed E-state index contributed by atoms with van der Waals surface area (Å²) in [6.45, 7) is 3.75. The molecule has 2 rings (SSSR count). The molecule has 0 heterocycles. The zero-order chi connectivity index (χ0) is 18.8. The van der Waals surface area contributed by atoms with E-state index in [0.29, 0.717) is 22.0 Å². The number of halogens is 1. The molecule has 0 aliphatic carbocycles. The molecule has 0 atom stereocenters. The number of nitrogens with zero attached hydrogens (tertiary/aromatic N) is 1. The van der Waals surface area contributed by atoms with E-state index in [1.807, 2.05) is 13.8 Å². The fourth-order valence-electron chi connectivity index (χ4n) is 2.48. The average molecular weight is 382 g/mol. The van der Waals surface area contributed by atoms with Crippen LogP contribution in [0.5, 0.6) is 5.75 Å². The van der Waals surface area contributed by atoms with Crippen molar-refractivity contribution in [3.05, 3.63) is 53.1 Å². The molecule has 0 saturated carbocycles. The van der Waals surface area contributed by atoms with Gasteiger partial charge in [-0.25, -0.2) is 8.42 Å². The van der Waals surface area contributed by atoms with Crippen LogP contribution in [-0.2, 0) is 9.84 Å². The largest absolute Gasteiger partial charge is 0.496 e. The molecular weight excluding hydrogens is 362 g/mol. The fourth-order valence-corrected chi connectivity index (χ4v) is 3.28. The standard InChI is InChI=1S/C18H20ClNO4S/c1-12(2)20(14-6-8-15(9-7-14)25(4,22)23)18(21)16-11-13(19)5-10-17(16)24-3/h5-12H,1-4H3. The van der Waals surface area contributed by atoms with Crippen molar-refractivity contribution in [1.29, 1.82) is 0 Å². The van der Waals surface area contributed by atoms with Crippen LogP contribution in [-0.4, -0.2) is 33.7 Å². The number of carbonyl (C=O) groups is 1. The van der Waals surface area contributed by atoms with E-state index in [9.17, 15) is 13.2 Å². The minimum Gasteiger partial charge on any atom is -0.496 e. The first-order chi connectivity index (χ1) is 11.6. The van der Waals surface area contributed by atoms with Crippen molar-refractivity contribution in [2.75, 3.05) is 18.3 Å². The SMILES string of the molecule is COc1ccc(Cl)cc1C(=O)N(c1ccc(S(C)(=O)=O)cc1)C(C)C. The Kier molecular flexibility index (Phi) is 5.75. The Morgan fingerprint density at radius 1 is 1.12 bits per heavy atom. The zero-order valence-electron chi connectivity index (χ0n) is 14.5. The Balaban J connectivity index is 2.48. The number of methoxy groups -OCH3 is 1. The number of hydrogen-bond donors (Lipinski definition) is 0. The highest BCUT2D eigenvalue weighted by Gasteiger charge is 2.24. The van der Waals surface area contributed by atoms with Gasteiger partial charge >= 0.3 is 0 Å². The van der Waals surface area contributed by atoms with Gasteiger partial charge in [0.2, 0.25) is 0 Å². The molecule has 0 N–H and O–H groups in total. The maximum absolute atomic E-state index is 13.1. The summed E-state index contributed by atoms with van der Waals surface area (Å²) in [5.74, 6) is 0.147. The molecule has 0 radical (unpaired) electrons. The van der Waals surface area contributed by atoms with Crippen LogP contribution in [0.2, 0.25) is 5.02 Å². The lowest BCUT2D eigenvalue weighted by molar-refractivity contribution is 0.0977. The van der Waals surface area contributed by atoms with E-state index in [-0.39, 0.29) is 16.8 Å². The Morgan fingerprint density at radius 2 is 1.72 bits per heavy atom. The van der Waals surface area contributed by atoms with E-state index < -0.39 is 9.84 Å². The summed E-state index contributed by atoms with van der Waals surface area (Å²) in [6.07, 6.45) is 1.14. The summed E-state index contributed by atoms with van der Waals surface area (Å²) in [5.41, 5.74) is 0.935. The molecule has 5 nitrogen and oxygen atoms in total. The van der Waals surface area contributed by atoms with E-state index in [1.54, 1.807) is 35.2 Å². The molecule has 0 unspecified atom stereocenters. The first-order valence-corrected chi connectivity index (χ1v) is 9.89. The van der Waals surface area contributed by atoms with Crippen molar-refractivity contribution < 1.29 is 17.9 Å². The third-order valence-corrected chi connectivity index (χ3v) is 5.03. The molecule has 25 heavy (non-hydrogen) atoms. The normalized spacial score (nSPS) is 11.4.